The number of benzene rings is 1. The second kappa shape index (κ2) is 5.40. The molecule has 100 valence electrons. The maximum absolute atomic E-state index is 11.8. The van der Waals surface area contributed by atoms with E-state index in [9.17, 15) is 14.4 Å². The molecule has 3 amide bonds. The molecule has 0 aliphatic carbocycles. The van der Waals surface area contributed by atoms with Crippen LogP contribution in [0, 0.1) is 6.92 Å². The van der Waals surface area contributed by atoms with Gasteiger partial charge in [0, 0.05) is 23.6 Å². The van der Waals surface area contributed by atoms with Gasteiger partial charge in [-0.2, -0.15) is 0 Å². The molecule has 1 aliphatic rings. The van der Waals surface area contributed by atoms with Crippen molar-refractivity contribution in [2.24, 2.45) is 0 Å². The Morgan fingerprint density at radius 2 is 1.95 bits per heavy atom. The highest BCUT2D eigenvalue weighted by Gasteiger charge is 2.30. The van der Waals surface area contributed by atoms with Crippen LogP contribution in [0.15, 0.2) is 18.2 Å². The lowest BCUT2D eigenvalue weighted by Gasteiger charge is -2.14. The van der Waals surface area contributed by atoms with Crippen LogP contribution in [0.3, 0.4) is 0 Å². The predicted molar refractivity (Wildman–Crippen MR) is 70.8 cm³/mol. The summed E-state index contributed by atoms with van der Waals surface area (Å²) in [6, 6.07) is 5.13. The van der Waals surface area contributed by atoms with Crippen LogP contribution in [0.2, 0.25) is 5.02 Å². The Morgan fingerprint density at radius 1 is 1.32 bits per heavy atom. The maximum Gasteiger partial charge on any atom is 0.244 e. The van der Waals surface area contributed by atoms with Crippen molar-refractivity contribution in [3.05, 3.63) is 28.8 Å². The third-order valence-corrected chi connectivity index (χ3v) is 3.17. The van der Waals surface area contributed by atoms with Gasteiger partial charge < -0.3 is 5.32 Å². The minimum atomic E-state index is -0.408. The number of hydrogen-bond acceptors (Lipinski definition) is 3. The minimum Gasteiger partial charge on any atom is -0.324 e. The summed E-state index contributed by atoms with van der Waals surface area (Å²) in [6.45, 7) is 1.59. The molecule has 0 spiro atoms. The van der Waals surface area contributed by atoms with E-state index in [2.05, 4.69) is 5.32 Å². The van der Waals surface area contributed by atoms with Crippen LogP contribution < -0.4 is 5.32 Å². The first-order chi connectivity index (χ1) is 8.97. The molecular weight excluding hydrogens is 268 g/mol. The van der Waals surface area contributed by atoms with E-state index in [0.29, 0.717) is 10.7 Å². The van der Waals surface area contributed by atoms with Crippen molar-refractivity contribution < 1.29 is 14.4 Å². The summed E-state index contributed by atoms with van der Waals surface area (Å²) >= 11 is 5.85. The first-order valence-electron chi connectivity index (χ1n) is 5.86. The highest BCUT2D eigenvalue weighted by atomic mass is 35.5. The molecule has 1 aromatic rings. The number of likely N-dealkylation sites (tertiary alicyclic amines) is 1. The number of imide groups is 1. The Labute approximate surface area is 115 Å². The van der Waals surface area contributed by atoms with Gasteiger partial charge in [0.25, 0.3) is 0 Å². The largest absolute Gasteiger partial charge is 0.324 e. The summed E-state index contributed by atoms with van der Waals surface area (Å²) in [5.41, 5.74) is 1.44. The molecule has 1 aromatic carbocycles. The van der Waals surface area contributed by atoms with Crippen LogP contribution in [-0.2, 0) is 14.4 Å². The number of carbonyl (C=O) groups is 3. The fourth-order valence-electron chi connectivity index (χ4n) is 1.86. The van der Waals surface area contributed by atoms with Crippen molar-refractivity contribution >= 4 is 35.0 Å². The van der Waals surface area contributed by atoms with Gasteiger partial charge in [0.05, 0.1) is 0 Å². The highest BCUT2D eigenvalue weighted by molar-refractivity contribution is 6.31. The van der Waals surface area contributed by atoms with Gasteiger partial charge >= 0.3 is 0 Å². The Bertz CT molecular complexity index is 541. The number of nitrogens with zero attached hydrogens (tertiary/aromatic N) is 1. The number of carbonyl (C=O) groups excluding carboxylic acids is 3. The summed E-state index contributed by atoms with van der Waals surface area (Å²) in [4.78, 5) is 35.6. The zero-order chi connectivity index (χ0) is 14.0. The summed E-state index contributed by atoms with van der Waals surface area (Å²) in [5, 5.41) is 3.16. The van der Waals surface area contributed by atoms with Gasteiger partial charge in [0.1, 0.15) is 6.54 Å². The van der Waals surface area contributed by atoms with Gasteiger partial charge in [0.15, 0.2) is 0 Å². The average Bonchev–Trinajstić information content (AvgIpc) is 2.65. The third-order valence-electron chi connectivity index (χ3n) is 2.93. The number of rotatable bonds is 3. The smallest absolute Gasteiger partial charge is 0.244 e. The molecule has 0 saturated carbocycles. The van der Waals surface area contributed by atoms with E-state index in [1.54, 1.807) is 18.2 Å². The van der Waals surface area contributed by atoms with Crippen molar-refractivity contribution in [1.82, 2.24) is 4.90 Å². The quantitative estimate of drug-likeness (QED) is 0.858. The third kappa shape index (κ3) is 3.12. The van der Waals surface area contributed by atoms with Crippen LogP contribution in [-0.4, -0.2) is 29.2 Å². The molecule has 2 rings (SSSR count). The Hall–Kier alpha value is -1.88. The van der Waals surface area contributed by atoms with Crippen molar-refractivity contribution in [2.45, 2.75) is 19.8 Å². The van der Waals surface area contributed by atoms with E-state index < -0.39 is 5.91 Å². The van der Waals surface area contributed by atoms with Gasteiger partial charge in [-0.15, -0.1) is 0 Å². The van der Waals surface area contributed by atoms with E-state index in [1.165, 1.54) is 0 Å². The lowest BCUT2D eigenvalue weighted by Crippen LogP contribution is -2.36. The van der Waals surface area contributed by atoms with Crippen molar-refractivity contribution in [1.29, 1.82) is 0 Å². The van der Waals surface area contributed by atoms with Crippen LogP contribution in [0.5, 0.6) is 0 Å². The molecule has 1 aliphatic heterocycles. The van der Waals surface area contributed by atoms with E-state index >= 15 is 0 Å². The van der Waals surface area contributed by atoms with Gasteiger partial charge in [-0.25, -0.2) is 0 Å². The SMILES string of the molecule is Cc1ccc(Cl)cc1NC(=O)CN1C(=O)CCC1=O. The fourth-order valence-corrected chi connectivity index (χ4v) is 2.03. The van der Waals surface area contributed by atoms with Gasteiger partial charge in [-0.1, -0.05) is 17.7 Å². The van der Waals surface area contributed by atoms with Crippen LogP contribution in [0.4, 0.5) is 5.69 Å². The van der Waals surface area contributed by atoms with Crippen LogP contribution in [0.25, 0.3) is 0 Å². The molecule has 19 heavy (non-hydrogen) atoms. The molecule has 5 nitrogen and oxygen atoms in total. The van der Waals surface area contributed by atoms with Crippen molar-refractivity contribution in [2.75, 3.05) is 11.9 Å². The summed E-state index contributed by atoms with van der Waals surface area (Å²) in [6.07, 6.45) is 0.366. The van der Waals surface area contributed by atoms with E-state index in [-0.39, 0.29) is 31.2 Å². The molecule has 1 saturated heterocycles. The number of anilines is 1. The molecule has 0 unspecified atom stereocenters. The molecular formula is C13H13ClN2O3. The molecule has 0 aromatic heterocycles. The number of aryl methyl sites for hydroxylation is 1. The van der Waals surface area contributed by atoms with Crippen molar-refractivity contribution in [3.63, 3.8) is 0 Å². The number of nitrogens with one attached hydrogen (secondary N) is 1. The number of halogens is 1. The first-order valence-corrected chi connectivity index (χ1v) is 6.24. The van der Waals surface area contributed by atoms with E-state index in [1.807, 2.05) is 6.92 Å². The fraction of sp³-hybridized carbons (Fsp3) is 0.308. The van der Waals surface area contributed by atoms with Gasteiger partial charge in [-0.05, 0) is 24.6 Å². The zero-order valence-electron chi connectivity index (χ0n) is 10.4. The second-order valence-electron chi connectivity index (χ2n) is 4.38. The van der Waals surface area contributed by atoms with E-state index in [4.69, 9.17) is 11.6 Å². The first kappa shape index (κ1) is 13.5. The minimum absolute atomic E-state index is 0.183. The topological polar surface area (TPSA) is 66.5 Å². The zero-order valence-corrected chi connectivity index (χ0v) is 11.2. The molecule has 6 heteroatoms. The molecule has 1 N–H and O–H groups in total. The highest BCUT2D eigenvalue weighted by Crippen LogP contribution is 2.20. The predicted octanol–water partition coefficient (Wildman–Crippen LogP) is 1.74. The van der Waals surface area contributed by atoms with E-state index in [0.717, 1.165) is 10.5 Å². The second-order valence-corrected chi connectivity index (χ2v) is 4.82. The number of hydrogen-bond donors (Lipinski definition) is 1. The lowest BCUT2D eigenvalue weighted by molar-refractivity contribution is -0.141. The molecule has 1 heterocycles. The molecule has 0 radical (unpaired) electrons. The molecule has 1 fully saturated rings. The molecule has 0 atom stereocenters. The maximum atomic E-state index is 11.8. The standard InChI is InChI=1S/C13H13ClN2O3/c1-8-2-3-9(14)6-10(8)15-11(17)7-16-12(18)4-5-13(16)19/h2-3,6H,4-5,7H2,1H3,(H,15,17). The Morgan fingerprint density at radius 3 is 2.58 bits per heavy atom. The van der Waals surface area contributed by atoms with Crippen molar-refractivity contribution in [3.8, 4) is 0 Å². The summed E-state index contributed by atoms with van der Waals surface area (Å²) in [7, 11) is 0. The lowest BCUT2D eigenvalue weighted by atomic mass is 10.2. The summed E-state index contributed by atoms with van der Waals surface area (Å²) in [5.74, 6) is -1.01. The monoisotopic (exact) mass is 280 g/mol. The van der Waals surface area contributed by atoms with Crippen LogP contribution >= 0.6 is 11.6 Å². The average molecular weight is 281 g/mol. The molecule has 0 bridgehead atoms. The summed E-state index contributed by atoms with van der Waals surface area (Å²) < 4.78 is 0. The van der Waals surface area contributed by atoms with Gasteiger partial charge in [-0.3, -0.25) is 19.3 Å². The van der Waals surface area contributed by atoms with Crippen LogP contribution in [0.1, 0.15) is 18.4 Å². The number of amides is 3. The van der Waals surface area contributed by atoms with Gasteiger partial charge in [0.2, 0.25) is 17.7 Å². The Kier molecular flexibility index (Phi) is 3.85. The normalized spacial score (nSPS) is 14.9. The Balaban J connectivity index is 2.03.